The molecule has 0 saturated heterocycles. The van der Waals surface area contributed by atoms with Crippen LogP contribution in [-0.4, -0.2) is 6.61 Å². The molecule has 0 aliphatic carbocycles. The zero-order valence-corrected chi connectivity index (χ0v) is 9.67. The van der Waals surface area contributed by atoms with Gasteiger partial charge < -0.3 is 10.5 Å². The summed E-state index contributed by atoms with van der Waals surface area (Å²) in [6.45, 7) is 2.13. The molecule has 4 heteroatoms. The molecule has 0 fully saturated rings. The molecule has 1 aliphatic rings. The van der Waals surface area contributed by atoms with Gasteiger partial charge in [0.05, 0.1) is 12.6 Å². The fourth-order valence-electron chi connectivity index (χ4n) is 1.90. The van der Waals surface area contributed by atoms with Crippen molar-refractivity contribution in [2.24, 2.45) is 5.73 Å². The smallest absolute Gasteiger partial charge is 0.134 e. The minimum absolute atomic E-state index is 0.113. The number of aryl methyl sites for hydroxylation is 1. The lowest BCUT2D eigenvalue weighted by molar-refractivity contribution is 0.174. The Morgan fingerprint density at radius 2 is 2.12 bits per heavy atom. The molecule has 2 rings (SSSR count). The van der Waals surface area contributed by atoms with Gasteiger partial charge in [-0.2, -0.15) is 0 Å². The average Bonchev–Trinajstić information content (AvgIpc) is 2.35. The largest absolute Gasteiger partial charge is 0.496 e. The molecule has 92 valence electrons. The van der Waals surface area contributed by atoms with Crippen molar-refractivity contribution in [3.05, 3.63) is 46.7 Å². The Labute approximate surface area is 99.1 Å². The number of nitrogens with two attached hydrogens (primary N) is 1. The monoisotopic (exact) mass is 239 g/mol. The summed E-state index contributed by atoms with van der Waals surface area (Å²) in [5.74, 6) is -0.761. The van der Waals surface area contributed by atoms with Gasteiger partial charge in [-0.3, -0.25) is 0 Å². The van der Waals surface area contributed by atoms with Gasteiger partial charge in [0.25, 0.3) is 0 Å². The third-order valence-electron chi connectivity index (χ3n) is 2.90. The molecule has 0 saturated carbocycles. The van der Waals surface area contributed by atoms with Crippen LogP contribution in [0.2, 0.25) is 0 Å². The summed E-state index contributed by atoms with van der Waals surface area (Å²) in [5, 5.41) is 0. The second kappa shape index (κ2) is 4.84. The quantitative estimate of drug-likeness (QED) is 0.861. The first-order chi connectivity index (χ1) is 8.11. The topological polar surface area (TPSA) is 35.2 Å². The van der Waals surface area contributed by atoms with E-state index in [9.17, 15) is 8.78 Å². The third-order valence-corrected chi connectivity index (χ3v) is 2.90. The summed E-state index contributed by atoms with van der Waals surface area (Å²) in [4.78, 5) is 0. The molecule has 1 unspecified atom stereocenters. The van der Waals surface area contributed by atoms with Crippen LogP contribution >= 0.6 is 0 Å². The number of rotatable bonds is 2. The summed E-state index contributed by atoms with van der Waals surface area (Å²) in [5.41, 5.74) is 6.14. The maximum absolute atomic E-state index is 13.9. The van der Waals surface area contributed by atoms with Gasteiger partial charge in [0.1, 0.15) is 17.4 Å². The van der Waals surface area contributed by atoms with E-state index in [1.54, 1.807) is 13.0 Å². The van der Waals surface area contributed by atoms with Gasteiger partial charge in [0, 0.05) is 5.56 Å². The van der Waals surface area contributed by atoms with Crippen molar-refractivity contribution in [2.45, 2.75) is 25.8 Å². The van der Waals surface area contributed by atoms with Gasteiger partial charge in [0.15, 0.2) is 0 Å². The lowest BCUT2D eigenvalue weighted by Crippen LogP contribution is -2.21. The molecule has 1 atom stereocenters. The van der Waals surface area contributed by atoms with Gasteiger partial charge in [-0.05, 0) is 37.5 Å². The van der Waals surface area contributed by atoms with Gasteiger partial charge >= 0.3 is 0 Å². The van der Waals surface area contributed by atoms with E-state index >= 15 is 0 Å². The zero-order chi connectivity index (χ0) is 12.4. The molecule has 1 aromatic carbocycles. The van der Waals surface area contributed by atoms with E-state index in [-0.39, 0.29) is 5.56 Å². The highest BCUT2D eigenvalue weighted by Gasteiger charge is 2.23. The maximum Gasteiger partial charge on any atom is 0.134 e. The molecule has 0 spiro atoms. The Morgan fingerprint density at radius 3 is 2.76 bits per heavy atom. The van der Waals surface area contributed by atoms with E-state index in [1.165, 1.54) is 12.1 Å². The van der Waals surface area contributed by atoms with Crippen molar-refractivity contribution in [3.8, 4) is 0 Å². The summed E-state index contributed by atoms with van der Waals surface area (Å²) in [6, 6.07) is 1.77. The Kier molecular flexibility index (Phi) is 3.43. The number of hydrogen-bond donors (Lipinski definition) is 1. The summed E-state index contributed by atoms with van der Waals surface area (Å²) >= 11 is 0. The molecule has 1 aromatic rings. The highest BCUT2D eigenvalue weighted by Crippen LogP contribution is 2.29. The van der Waals surface area contributed by atoms with Crippen LogP contribution in [0.4, 0.5) is 8.78 Å². The van der Waals surface area contributed by atoms with Crippen LogP contribution in [0.5, 0.6) is 0 Å². The van der Waals surface area contributed by atoms with E-state index in [0.29, 0.717) is 17.9 Å². The maximum atomic E-state index is 13.9. The third kappa shape index (κ3) is 2.31. The van der Waals surface area contributed by atoms with Crippen LogP contribution in [0.15, 0.2) is 24.0 Å². The van der Waals surface area contributed by atoms with Crippen LogP contribution in [0, 0.1) is 18.6 Å². The minimum Gasteiger partial charge on any atom is -0.496 e. The van der Waals surface area contributed by atoms with Crippen molar-refractivity contribution in [1.82, 2.24) is 0 Å². The van der Waals surface area contributed by atoms with Crippen molar-refractivity contribution < 1.29 is 13.5 Å². The lowest BCUT2D eigenvalue weighted by Gasteiger charge is -2.22. The first-order valence-corrected chi connectivity index (χ1v) is 5.64. The second-order valence-corrected chi connectivity index (χ2v) is 4.17. The number of halogens is 2. The molecule has 2 N–H and O–H groups in total. The van der Waals surface area contributed by atoms with Crippen molar-refractivity contribution >= 4 is 0 Å². The second-order valence-electron chi connectivity index (χ2n) is 4.17. The predicted molar refractivity (Wildman–Crippen MR) is 61.3 cm³/mol. The van der Waals surface area contributed by atoms with Gasteiger partial charge in [-0.1, -0.05) is 6.07 Å². The Balaban J connectivity index is 2.39. The van der Waals surface area contributed by atoms with Crippen LogP contribution < -0.4 is 5.73 Å². The molecule has 0 aromatic heterocycles. The minimum atomic E-state index is -0.866. The molecule has 0 bridgehead atoms. The number of ether oxygens (including phenoxy) is 1. The van der Waals surface area contributed by atoms with Crippen LogP contribution in [-0.2, 0) is 4.74 Å². The van der Waals surface area contributed by atoms with E-state index in [1.807, 2.05) is 0 Å². The van der Waals surface area contributed by atoms with Gasteiger partial charge in [-0.25, -0.2) is 8.78 Å². The SMILES string of the molecule is Cc1ccc(F)c(C(N)C2=CCCCO2)c1F. The van der Waals surface area contributed by atoms with Crippen LogP contribution in [0.1, 0.15) is 30.0 Å². The Morgan fingerprint density at radius 1 is 1.35 bits per heavy atom. The standard InChI is InChI=1S/C13H15F2NO/c1-8-5-6-9(14)11(12(8)15)13(16)10-4-2-3-7-17-10/h4-6,13H,2-3,7,16H2,1H3. The normalized spacial score (nSPS) is 17.3. The van der Waals surface area contributed by atoms with Crippen LogP contribution in [0.25, 0.3) is 0 Å². The van der Waals surface area contributed by atoms with E-state index in [4.69, 9.17) is 10.5 Å². The zero-order valence-electron chi connectivity index (χ0n) is 9.67. The first kappa shape index (κ1) is 12.0. The fraction of sp³-hybridized carbons (Fsp3) is 0.385. The Bertz CT molecular complexity index is 457. The summed E-state index contributed by atoms with van der Waals surface area (Å²) < 4.78 is 32.8. The van der Waals surface area contributed by atoms with Crippen LogP contribution in [0.3, 0.4) is 0 Å². The molecule has 0 amide bonds. The van der Waals surface area contributed by atoms with Crippen molar-refractivity contribution in [1.29, 1.82) is 0 Å². The fourth-order valence-corrected chi connectivity index (χ4v) is 1.90. The lowest BCUT2D eigenvalue weighted by atomic mass is 10.00. The molecule has 17 heavy (non-hydrogen) atoms. The molecule has 1 heterocycles. The van der Waals surface area contributed by atoms with E-state index in [2.05, 4.69) is 0 Å². The van der Waals surface area contributed by atoms with E-state index in [0.717, 1.165) is 12.8 Å². The summed E-state index contributed by atoms with van der Waals surface area (Å²) in [6.07, 6.45) is 3.54. The highest BCUT2D eigenvalue weighted by molar-refractivity contribution is 5.33. The number of hydrogen-bond acceptors (Lipinski definition) is 2. The molecule has 0 radical (unpaired) electrons. The highest BCUT2D eigenvalue weighted by atomic mass is 19.1. The molecule has 2 nitrogen and oxygen atoms in total. The van der Waals surface area contributed by atoms with Gasteiger partial charge in [-0.15, -0.1) is 0 Å². The predicted octanol–water partition coefficient (Wildman–Crippen LogP) is 2.97. The average molecular weight is 239 g/mol. The van der Waals surface area contributed by atoms with Gasteiger partial charge in [0.2, 0.25) is 0 Å². The summed E-state index contributed by atoms with van der Waals surface area (Å²) in [7, 11) is 0. The first-order valence-electron chi connectivity index (χ1n) is 5.64. The van der Waals surface area contributed by atoms with Crippen molar-refractivity contribution in [3.63, 3.8) is 0 Å². The molecule has 1 aliphatic heterocycles. The van der Waals surface area contributed by atoms with E-state index < -0.39 is 17.7 Å². The number of allylic oxidation sites excluding steroid dienone is 1. The Hall–Kier alpha value is -1.42. The van der Waals surface area contributed by atoms with Crippen molar-refractivity contribution in [2.75, 3.05) is 6.61 Å². The molecular weight excluding hydrogens is 224 g/mol. The molecular formula is C13H15F2NO. The number of benzene rings is 1.